The first-order valence-electron chi connectivity index (χ1n) is 9.33. The van der Waals surface area contributed by atoms with E-state index in [0.717, 1.165) is 24.1 Å². The molecule has 9 heteroatoms. The second kappa shape index (κ2) is 7.94. The average molecular weight is 420 g/mol. The molecular weight excluding hydrogens is 400 g/mol. The molecule has 4 rings (SSSR count). The van der Waals surface area contributed by atoms with E-state index in [2.05, 4.69) is 15.5 Å². The Balaban J connectivity index is 1.44. The molecule has 1 aliphatic carbocycles. The molecule has 1 fully saturated rings. The molecule has 152 valence electrons. The molecule has 0 radical (unpaired) electrons. The van der Waals surface area contributed by atoms with Crippen LogP contribution in [-0.2, 0) is 17.9 Å². The number of aryl methyl sites for hydroxylation is 1. The summed E-state index contributed by atoms with van der Waals surface area (Å²) in [5, 5.41) is 11.7. The van der Waals surface area contributed by atoms with Crippen LogP contribution in [0, 0.1) is 6.92 Å². The normalized spacial score (nSPS) is 13.8. The van der Waals surface area contributed by atoms with Gasteiger partial charge in [0.2, 0.25) is 5.91 Å². The Morgan fingerprint density at radius 1 is 1.24 bits per heavy atom. The average Bonchev–Trinajstić information content (AvgIpc) is 3.32. The fourth-order valence-electron chi connectivity index (χ4n) is 3.25. The summed E-state index contributed by atoms with van der Waals surface area (Å²) in [7, 11) is 0. The number of aromatic nitrogens is 4. The van der Waals surface area contributed by atoms with Gasteiger partial charge in [-0.05, 0) is 43.5 Å². The van der Waals surface area contributed by atoms with Crippen molar-refractivity contribution in [1.82, 2.24) is 19.6 Å². The number of carbonyl (C=O) groups is 1. The highest BCUT2D eigenvalue weighted by Gasteiger charge is 2.30. The van der Waals surface area contributed by atoms with Gasteiger partial charge in [0.25, 0.3) is 6.43 Å². The van der Waals surface area contributed by atoms with E-state index < -0.39 is 6.43 Å². The minimum atomic E-state index is -2.65. The number of carbonyl (C=O) groups excluding carboxylic acids is 1. The number of benzene rings is 1. The van der Waals surface area contributed by atoms with E-state index in [1.165, 1.54) is 10.7 Å². The zero-order valence-corrected chi connectivity index (χ0v) is 16.5. The van der Waals surface area contributed by atoms with Crippen LogP contribution in [0.1, 0.15) is 47.8 Å². The number of amides is 1. The number of hydrogen-bond donors (Lipinski definition) is 1. The van der Waals surface area contributed by atoms with Crippen molar-refractivity contribution in [2.45, 2.75) is 45.2 Å². The minimum Gasteiger partial charge on any atom is -0.308 e. The molecule has 1 amide bonds. The van der Waals surface area contributed by atoms with E-state index in [1.807, 2.05) is 25.1 Å². The summed E-state index contributed by atoms with van der Waals surface area (Å²) in [6.07, 6.45) is -0.784. The standard InChI is InChI=1S/C20H20ClF2N5O/c1-12-7-18(26-27(12)10-13-3-2-4-15(21)8-13)24-19(29)11-28-17(14-5-6-14)9-16(25-28)20(22)23/h2-4,7-9,14,20H,5-6,10-11H2,1H3,(H,24,26,29). The van der Waals surface area contributed by atoms with Gasteiger partial charge in [-0.25, -0.2) is 8.78 Å². The van der Waals surface area contributed by atoms with Crippen LogP contribution in [0.25, 0.3) is 0 Å². The van der Waals surface area contributed by atoms with E-state index in [4.69, 9.17) is 11.6 Å². The molecular formula is C20H20ClF2N5O. The summed E-state index contributed by atoms with van der Waals surface area (Å²) >= 11 is 6.02. The van der Waals surface area contributed by atoms with Crippen LogP contribution >= 0.6 is 11.6 Å². The van der Waals surface area contributed by atoms with E-state index >= 15 is 0 Å². The summed E-state index contributed by atoms with van der Waals surface area (Å²) in [4.78, 5) is 12.5. The molecule has 2 aromatic heterocycles. The predicted octanol–water partition coefficient (Wildman–Crippen LogP) is 4.54. The zero-order chi connectivity index (χ0) is 20.5. The first-order valence-corrected chi connectivity index (χ1v) is 9.71. The van der Waals surface area contributed by atoms with Crippen LogP contribution < -0.4 is 5.32 Å². The highest BCUT2D eigenvalue weighted by molar-refractivity contribution is 6.30. The molecule has 1 saturated carbocycles. The lowest BCUT2D eigenvalue weighted by Gasteiger charge is -2.07. The summed E-state index contributed by atoms with van der Waals surface area (Å²) in [5.74, 6) is 0.258. The lowest BCUT2D eigenvalue weighted by molar-refractivity contribution is -0.117. The number of rotatable bonds is 7. The van der Waals surface area contributed by atoms with Crippen molar-refractivity contribution in [2.24, 2.45) is 0 Å². The number of halogens is 3. The Labute approximate surface area is 171 Å². The molecule has 0 spiro atoms. The molecule has 6 nitrogen and oxygen atoms in total. The minimum absolute atomic E-state index is 0.126. The SMILES string of the molecule is Cc1cc(NC(=O)Cn2nc(C(F)F)cc2C2CC2)nn1Cc1cccc(Cl)c1. The second-order valence-electron chi connectivity index (χ2n) is 7.23. The Morgan fingerprint density at radius 2 is 2.03 bits per heavy atom. The molecule has 0 saturated heterocycles. The summed E-state index contributed by atoms with van der Waals surface area (Å²) in [6, 6.07) is 10.6. The number of alkyl halides is 2. The molecule has 2 heterocycles. The van der Waals surface area contributed by atoms with Crippen LogP contribution in [0.15, 0.2) is 36.4 Å². The van der Waals surface area contributed by atoms with Gasteiger partial charge >= 0.3 is 0 Å². The van der Waals surface area contributed by atoms with Crippen molar-refractivity contribution in [3.63, 3.8) is 0 Å². The van der Waals surface area contributed by atoms with Gasteiger partial charge in [0.15, 0.2) is 5.82 Å². The van der Waals surface area contributed by atoms with Gasteiger partial charge in [0.1, 0.15) is 12.2 Å². The van der Waals surface area contributed by atoms with Crippen molar-refractivity contribution in [2.75, 3.05) is 5.32 Å². The summed E-state index contributed by atoms with van der Waals surface area (Å²) in [5.41, 5.74) is 2.27. The fraction of sp³-hybridized carbons (Fsp3) is 0.350. The van der Waals surface area contributed by atoms with E-state index in [1.54, 1.807) is 16.8 Å². The van der Waals surface area contributed by atoms with Crippen molar-refractivity contribution in [1.29, 1.82) is 0 Å². The lowest BCUT2D eigenvalue weighted by atomic mass is 10.2. The van der Waals surface area contributed by atoms with Crippen LogP contribution in [0.3, 0.4) is 0 Å². The third-order valence-corrected chi connectivity index (χ3v) is 5.05. The molecule has 29 heavy (non-hydrogen) atoms. The molecule has 1 aliphatic rings. The smallest absolute Gasteiger partial charge is 0.282 e. The van der Waals surface area contributed by atoms with Gasteiger partial charge in [0, 0.05) is 28.4 Å². The number of anilines is 1. The largest absolute Gasteiger partial charge is 0.308 e. The molecule has 0 unspecified atom stereocenters. The maximum atomic E-state index is 13.0. The van der Waals surface area contributed by atoms with Crippen molar-refractivity contribution >= 4 is 23.3 Å². The first kappa shape index (κ1) is 19.6. The molecule has 0 atom stereocenters. The maximum absolute atomic E-state index is 13.0. The third kappa shape index (κ3) is 4.64. The summed E-state index contributed by atoms with van der Waals surface area (Å²) < 4.78 is 29.1. The molecule has 1 N–H and O–H groups in total. The van der Waals surface area contributed by atoms with E-state index in [0.29, 0.717) is 23.1 Å². The number of hydrogen-bond acceptors (Lipinski definition) is 3. The van der Waals surface area contributed by atoms with Crippen LogP contribution in [-0.4, -0.2) is 25.5 Å². The quantitative estimate of drug-likeness (QED) is 0.611. The Morgan fingerprint density at radius 3 is 2.72 bits per heavy atom. The Bertz CT molecular complexity index is 1040. The van der Waals surface area contributed by atoms with Gasteiger partial charge < -0.3 is 5.32 Å². The van der Waals surface area contributed by atoms with Crippen molar-refractivity contribution < 1.29 is 13.6 Å². The first-order chi connectivity index (χ1) is 13.9. The predicted molar refractivity (Wildman–Crippen MR) is 105 cm³/mol. The van der Waals surface area contributed by atoms with Crippen LogP contribution in [0.2, 0.25) is 5.02 Å². The number of nitrogens with one attached hydrogen (secondary N) is 1. The van der Waals surface area contributed by atoms with Gasteiger partial charge in [-0.15, -0.1) is 0 Å². The van der Waals surface area contributed by atoms with Crippen LogP contribution in [0.4, 0.5) is 14.6 Å². The fourth-order valence-corrected chi connectivity index (χ4v) is 3.46. The topological polar surface area (TPSA) is 64.7 Å². The van der Waals surface area contributed by atoms with Crippen molar-refractivity contribution in [3.8, 4) is 0 Å². The van der Waals surface area contributed by atoms with Gasteiger partial charge in [-0.2, -0.15) is 10.2 Å². The second-order valence-corrected chi connectivity index (χ2v) is 7.67. The molecule has 1 aromatic carbocycles. The van der Waals surface area contributed by atoms with Gasteiger partial charge in [-0.1, -0.05) is 23.7 Å². The third-order valence-electron chi connectivity index (χ3n) is 4.81. The monoisotopic (exact) mass is 419 g/mol. The van der Waals surface area contributed by atoms with Gasteiger partial charge in [-0.3, -0.25) is 14.2 Å². The Kier molecular flexibility index (Phi) is 5.36. The Hall–Kier alpha value is -2.74. The highest BCUT2D eigenvalue weighted by Crippen LogP contribution is 2.41. The zero-order valence-electron chi connectivity index (χ0n) is 15.8. The highest BCUT2D eigenvalue weighted by atomic mass is 35.5. The number of nitrogens with zero attached hydrogens (tertiary/aromatic N) is 4. The van der Waals surface area contributed by atoms with E-state index in [-0.39, 0.29) is 24.1 Å². The van der Waals surface area contributed by atoms with E-state index in [9.17, 15) is 13.6 Å². The molecule has 0 aliphatic heterocycles. The maximum Gasteiger partial charge on any atom is 0.282 e. The van der Waals surface area contributed by atoms with Gasteiger partial charge in [0.05, 0.1) is 6.54 Å². The van der Waals surface area contributed by atoms with Crippen molar-refractivity contribution in [3.05, 3.63) is 64.1 Å². The molecule has 3 aromatic rings. The molecule has 0 bridgehead atoms. The lowest BCUT2D eigenvalue weighted by Crippen LogP contribution is -2.21. The van der Waals surface area contributed by atoms with Crippen LogP contribution in [0.5, 0.6) is 0 Å². The summed E-state index contributed by atoms with van der Waals surface area (Å²) in [6.45, 7) is 2.28.